The van der Waals surface area contributed by atoms with E-state index in [1.54, 1.807) is 12.1 Å². The number of hydrogen-bond acceptors (Lipinski definition) is 7. The molecular weight excluding hydrogens is 440 g/mol. The molecule has 0 bridgehead atoms. The third-order valence-corrected chi connectivity index (χ3v) is 5.71. The van der Waals surface area contributed by atoms with Crippen molar-refractivity contribution in [1.82, 2.24) is 15.2 Å². The molecular formula is C20H17BrN4O2S. The Hall–Kier alpha value is -2.45. The Labute approximate surface area is 175 Å². The van der Waals surface area contributed by atoms with Gasteiger partial charge in [-0.3, -0.25) is 4.79 Å². The highest BCUT2D eigenvalue weighted by Gasteiger charge is 2.30. The minimum Gasteiger partial charge on any atom is -0.444 e. The molecule has 142 valence electrons. The number of hydrogen-bond donors (Lipinski definition) is 1. The van der Waals surface area contributed by atoms with Gasteiger partial charge in [0.05, 0.1) is 0 Å². The fraction of sp³-hybridized carbons (Fsp3) is 0.200. The van der Waals surface area contributed by atoms with Gasteiger partial charge in [-0.15, -0.1) is 10.2 Å². The molecule has 2 aromatic carbocycles. The van der Waals surface area contributed by atoms with Crippen LogP contribution in [0.2, 0.25) is 0 Å². The minimum absolute atomic E-state index is 0.184. The zero-order valence-electron chi connectivity index (χ0n) is 15.1. The van der Waals surface area contributed by atoms with Gasteiger partial charge in [0.25, 0.3) is 0 Å². The van der Waals surface area contributed by atoms with Crippen LogP contribution in [0.15, 0.2) is 58.2 Å². The number of nitrogens with zero attached hydrogens (tertiary/aromatic N) is 3. The molecule has 3 aromatic rings. The molecule has 1 aliphatic rings. The van der Waals surface area contributed by atoms with Gasteiger partial charge in [0, 0.05) is 27.0 Å². The number of rotatable bonds is 5. The Balaban J connectivity index is 1.74. The van der Waals surface area contributed by atoms with Crippen molar-refractivity contribution in [2.75, 3.05) is 11.1 Å². The Morgan fingerprint density at radius 1 is 1.18 bits per heavy atom. The van der Waals surface area contributed by atoms with Crippen LogP contribution >= 0.6 is 27.7 Å². The van der Waals surface area contributed by atoms with Gasteiger partial charge < -0.3 is 10.1 Å². The van der Waals surface area contributed by atoms with Gasteiger partial charge in [0.1, 0.15) is 0 Å². The zero-order valence-corrected chi connectivity index (χ0v) is 17.5. The summed E-state index contributed by atoms with van der Waals surface area (Å²) in [6, 6.07) is 14.8. The van der Waals surface area contributed by atoms with E-state index in [0.29, 0.717) is 22.3 Å². The number of thioether (sulfide) groups is 1. The van der Waals surface area contributed by atoms with Gasteiger partial charge in [-0.2, -0.15) is 4.98 Å². The molecule has 1 aliphatic heterocycles. The number of ketones is 1. The van der Waals surface area contributed by atoms with E-state index in [1.165, 1.54) is 11.8 Å². The lowest BCUT2D eigenvalue weighted by Gasteiger charge is -2.17. The molecule has 0 aliphatic carbocycles. The van der Waals surface area contributed by atoms with Crippen LogP contribution in [0.1, 0.15) is 23.7 Å². The molecule has 4 rings (SSSR count). The minimum atomic E-state index is -0.913. The number of ether oxygens (including phenoxy) is 1. The molecule has 28 heavy (non-hydrogen) atoms. The maximum atomic E-state index is 13.1. The highest BCUT2D eigenvalue weighted by atomic mass is 79.9. The van der Waals surface area contributed by atoms with Crippen molar-refractivity contribution < 1.29 is 9.53 Å². The van der Waals surface area contributed by atoms with Crippen molar-refractivity contribution in [3.63, 3.8) is 0 Å². The van der Waals surface area contributed by atoms with Crippen LogP contribution < -0.4 is 10.1 Å². The van der Waals surface area contributed by atoms with E-state index in [1.807, 2.05) is 36.4 Å². The maximum absolute atomic E-state index is 13.1. The highest BCUT2D eigenvalue weighted by Crippen LogP contribution is 2.36. The molecule has 0 fully saturated rings. The van der Waals surface area contributed by atoms with E-state index in [-0.39, 0.29) is 5.78 Å². The molecule has 2 heterocycles. The second-order valence-corrected chi connectivity index (χ2v) is 8.13. The van der Waals surface area contributed by atoms with Crippen LogP contribution in [-0.4, -0.2) is 32.9 Å². The number of fused-ring (bicyclic) bond motifs is 3. The summed E-state index contributed by atoms with van der Waals surface area (Å²) in [4.78, 5) is 17.6. The molecule has 0 radical (unpaired) electrons. The average Bonchev–Trinajstić information content (AvgIpc) is 2.88. The lowest BCUT2D eigenvalue weighted by Crippen LogP contribution is -2.35. The largest absolute Gasteiger partial charge is 0.444 e. The third kappa shape index (κ3) is 3.88. The molecule has 0 amide bonds. The number of carbonyl (C=O) groups excluding carboxylic acids is 1. The SMILES string of the molecule is CCCSc1nnc2c(n1)O[C@H](C(=O)c1ccc(Br)cc1)Nc1ccccc1-2. The normalized spacial score (nSPS) is 14.9. The quantitative estimate of drug-likeness (QED) is 0.435. The maximum Gasteiger partial charge on any atom is 0.247 e. The summed E-state index contributed by atoms with van der Waals surface area (Å²) < 4.78 is 6.91. The summed E-state index contributed by atoms with van der Waals surface area (Å²) in [6.07, 6.45) is 0.0883. The van der Waals surface area contributed by atoms with Crippen molar-refractivity contribution >= 4 is 39.2 Å². The Morgan fingerprint density at radius 2 is 1.96 bits per heavy atom. The van der Waals surface area contributed by atoms with Crippen molar-refractivity contribution in [2.45, 2.75) is 24.7 Å². The molecule has 0 spiro atoms. The van der Waals surface area contributed by atoms with Crippen LogP contribution in [-0.2, 0) is 0 Å². The second-order valence-electron chi connectivity index (χ2n) is 6.16. The Kier molecular flexibility index (Phi) is 5.59. The molecule has 1 N–H and O–H groups in total. The molecule has 6 nitrogen and oxygen atoms in total. The van der Waals surface area contributed by atoms with Crippen molar-refractivity contribution in [1.29, 1.82) is 0 Å². The Bertz CT molecular complexity index is 1010. The highest BCUT2D eigenvalue weighted by molar-refractivity contribution is 9.10. The number of benzene rings is 2. The van der Waals surface area contributed by atoms with Gasteiger partial charge in [-0.25, -0.2) is 0 Å². The standard InChI is InChI=1S/C20H17BrN4O2S/c1-2-11-28-20-23-18-16(24-25-20)14-5-3-4-6-15(14)22-19(27-18)17(26)12-7-9-13(21)10-8-12/h3-10,19,22H,2,11H2,1H3/t19-/m1/s1. The van der Waals surface area contributed by atoms with Gasteiger partial charge in [0.15, 0.2) is 5.69 Å². The lowest BCUT2D eigenvalue weighted by molar-refractivity contribution is 0.0823. The summed E-state index contributed by atoms with van der Waals surface area (Å²) >= 11 is 4.90. The van der Waals surface area contributed by atoms with Crippen molar-refractivity contribution in [2.24, 2.45) is 0 Å². The first-order valence-corrected chi connectivity index (χ1v) is 10.6. The smallest absolute Gasteiger partial charge is 0.247 e. The van der Waals surface area contributed by atoms with Crippen LogP contribution in [0.5, 0.6) is 5.88 Å². The van der Waals surface area contributed by atoms with E-state index in [9.17, 15) is 4.79 Å². The van der Waals surface area contributed by atoms with Gasteiger partial charge in [0.2, 0.25) is 23.0 Å². The van der Waals surface area contributed by atoms with Gasteiger partial charge in [-0.05, 0) is 24.6 Å². The summed E-state index contributed by atoms with van der Waals surface area (Å²) in [7, 11) is 0. The number of halogens is 1. The number of anilines is 1. The average molecular weight is 457 g/mol. The number of Topliss-reactive ketones (excluding diaryl/α,β-unsaturated/α-hetero) is 1. The first kappa shape index (κ1) is 18.9. The van der Waals surface area contributed by atoms with Crippen molar-refractivity contribution in [3.05, 3.63) is 58.6 Å². The topological polar surface area (TPSA) is 77.0 Å². The summed E-state index contributed by atoms with van der Waals surface area (Å²) in [6.45, 7) is 2.09. The fourth-order valence-electron chi connectivity index (χ4n) is 2.79. The predicted octanol–water partition coefficient (Wildman–Crippen LogP) is 4.82. The predicted molar refractivity (Wildman–Crippen MR) is 113 cm³/mol. The number of carbonyl (C=O) groups is 1. The zero-order chi connectivity index (χ0) is 19.5. The van der Waals surface area contributed by atoms with Crippen LogP contribution in [0.25, 0.3) is 11.3 Å². The Morgan fingerprint density at radius 3 is 2.75 bits per heavy atom. The number of para-hydroxylation sites is 1. The van der Waals surface area contributed by atoms with Gasteiger partial charge in [-0.1, -0.05) is 64.9 Å². The van der Waals surface area contributed by atoms with Gasteiger partial charge >= 0.3 is 0 Å². The molecule has 1 aromatic heterocycles. The summed E-state index contributed by atoms with van der Waals surface area (Å²) in [5.41, 5.74) is 2.62. The summed E-state index contributed by atoms with van der Waals surface area (Å²) in [5, 5.41) is 12.3. The second kappa shape index (κ2) is 8.28. The summed E-state index contributed by atoms with van der Waals surface area (Å²) in [5.74, 6) is 1.01. The third-order valence-electron chi connectivity index (χ3n) is 4.14. The van der Waals surface area contributed by atoms with E-state index >= 15 is 0 Å². The van der Waals surface area contributed by atoms with Crippen LogP contribution in [0.3, 0.4) is 0 Å². The van der Waals surface area contributed by atoms with E-state index in [0.717, 1.165) is 27.9 Å². The molecule has 0 saturated carbocycles. The lowest BCUT2D eigenvalue weighted by atomic mass is 10.1. The van der Waals surface area contributed by atoms with E-state index < -0.39 is 6.23 Å². The van der Waals surface area contributed by atoms with E-state index in [2.05, 4.69) is 43.4 Å². The van der Waals surface area contributed by atoms with Crippen LogP contribution in [0.4, 0.5) is 5.69 Å². The number of aromatic nitrogens is 3. The molecule has 0 saturated heterocycles. The molecule has 0 unspecified atom stereocenters. The van der Waals surface area contributed by atoms with E-state index in [4.69, 9.17) is 4.74 Å². The first-order valence-electron chi connectivity index (χ1n) is 8.85. The molecule has 8 heteroatoms. The number of nitrogens with one attached hydrogen (secondary N) is 1. The fourth-order valence-corrected chi connectivity index (χ4v) is 3.68. The monoisotopic (exact) mass is 456 g/mol. The van der Waals surface area contributed by atoms with Crippen LogP contribution in [0, 0.1) is 0 Å². The molecule has 1 atom stereocenters. The van der Waals surface area contributed by atoms with Crippen molar-refractivity contribution in [3.8, 4) is 17.1 Å². The first-order chi connectivity index (χ1) is 13.7.